The van der Waals surface area contributed by atoms with E-state index in [-0.39, 0.29) is 29.9 Å². The van der Waals surface area contributed by atoms with Crippen LogP contribution in [0.5, 0.6) is 5.75 Å². The van der Waals surface area contributed by atoms with E-state index in [1.54, 1.807) is 24.5 Å². The molecule has 2 fully saturated rings. The number of fused-ring (bicyclic) bond motifs is 2. The van der Waals surface area contributed by atoms with Gasteiger partial charge in [0.2, 0.25) is 0 Å². The maximum atomic E-state index is 13.1. The standard InChI is InChI=1S/C22H25N3O3/c1-2-28-20-7-3-16(4-8-20)22(27)25-18-5-6-19(25)14-17(13-18)24-21(26)15-9-11-23-12-10-15/h3-4,7-12,17-19H,2,5-6,13-14H2,1H3,(H,24,26)/t17?,18-,19+. The number of carbonyl (C=O) groups excluding carboxylic acids is 2. The van der Waals surface area contributed by atoms with E-state index in [1.165, 1.54) is 0 Å². The van der Waals surface area contributed by atoms with Crippen LogP contribution < -0.4 is 10.1 Å². The summed E-state index contributed by atoms with van der Waals surface area (Å²) in [6.07, 6.45) is 6.84. The van der Waals surface area contributed by atoms with Crippen LogP contribution in [0, 0.1) is 0 Å². The molecular weight excluding hydrogens is 354 g/mol. The van der Waals surface area contributed by atoms with Crippen LogP contribution in [-0.2, 0) is 0 Å². The van der Waals surface area contributed by atoms with Gasteiger partial charge in [0.25, 0.3) is 11.8 Å². The summed E-state index contributed by atoms with van der Waals surface area (Å²) >= 11 is 0. The summed E-state index contributed by atoms with van der Waals surface area (Å²) in [6.45, 7) is 2.55. The van der Waals surface area contributed by atoms with E-state index in [0.29, 0.717) is 17.7 Å². The molecule has 6 heteroatoms. The lowest BCUT2D eigenvalue weighted by Gasteiger charge is -2.39. The van der Waals surface area contributed by atoms with Crippen molar-refractivity contribution in [3.63, 3.8) is 0 Å². The fourth-order valence-corrected chi connectivity index (χ4v) is 4.41. The maximum Gasteiger partial charge on any atom is 0.254 e. The molecule has 2 amide bonds. The first-order chi connectivity index (χ1) is 13.7. The topological polar surface area (TPSA) is 71.5 Å². The zero-order valence-corrected chi connectivity index (χ0v) is 16.0. The minimum absolute atomic E-state index is 0.0712. The Morgan fingerprint density at radius 2 is 1.68 bits per heavy atom. The largest absolute Gasteiger partial charge is 0.494 e. The molecule has 0 aliphatic carbocycles. The number of nitrogens with zero attached hydrogens (tertiary/aromatic N) is 2. The second-order valence-corrected chi connectivity index (χ2v) is 7.43. The van der Waals surface area contributed by atoms with Gasteiger partial charge >= 0.3 is 0 Å². The van der Waals surface area contributed by atoms with E-state index < -0.39 is 0 Å². The van der Waals surface area contributed by atoms with Crippen molar-refractivity contribution in [2.75, 3.05) is 6.61 Å². The summed E-state index contributed by atoms with van der Waals surface area (Å²) in [7, 11) is 0. The molecule has 1 aromatic carbocycles. The minimum atomic E-state index is -0.0712. The van der Waals surface area contributed by atoms with Gasteiger partial charge in [-0.25, -0.2) is 0 Å². The first-order valence-corrected chi connectivity index (χ1v) is 9.92. The maximum absolute atomic E-state index is 13.1. The van der Waals surface area contributed by atoms with Gasteiger partial charge in [0.1, 0.15) is 5.75 Å². The van der Waals surface area contributed by atoms with Crippen molar-refractivity contribution in [2.24, 2.45) is 0 Å². The predicted molar refractivity (Wildman–Crippen MR) is 105 cm³/mol. The third kappa shape index (κ3) is 3.72. The van der Waals surface area contributed by atoms with E-state index in [2.05, 4.69) is 10.3 Å². The van der Waals surface area contributed by atoms with Crippen molar-refractivity contribution in [3.8, 4) is 5.75 Å². The fourth-order valence-electron chi connectivity index (χ4n) is 4.41. The number of hydrogen-bond donors (Lipinski definition) is 1. The average Bonchev–Trinajstić information content (AvgIpc) is 2.99. The molecule has 2 aromatic rings. The first-order valence-electron chi connectivity index (χ1n) is 9.92. The van der Waals surface area contributed by atoms with E-state index in [9.17, 15) is 9.59 Å². The summed E-state index contributed by atoms with van der Waals surface area (Å²) in [4.78, 5) is 31.5. The highest BCUT2D eigenvalue weighted by Gasteiger charge is 2.43. The Morgan fingerprint density at radius 1 is 1.04 bits per heavy atom. The molecule has 146 valence electrons. The Bertz CT molecular complexity index is 824. The molecule has 1 aromatic heterocycles. The molecule has 2 saturated heterocycles. The number of benzene rings is 1. The van der Waals surface area contributed by atoms with Gasteiger partial charge < -0.3 is 15.0 Å². The molecule has 2 bridgehead atoms. The summed E-state index contributed by atoms with van der Waals surface area (Å²) < 4.78 is 5.46. The third-order valence-electron chi connectivity index (χ3n) is 5.66. The molecule has 4 rings (SSSR count). The summed E-state index contributed by atoms with van der Waals surface area (Å²) in [5.74, 6) is 0.784. The fraction of sp³-hybridized carbons (Fsp3) is 0.409. The Labute approximate surface area is 164 Å². The summed E-state index contributed by atoms with van der Waals surface area (Å²) in [6, 6.07) is 11.3. The third-order valence-corrected chi connectivity index (χ3v) is 5.66. The Kier molecular flexibility index (Phi) is 5.28. The Hall–Kier alpha value is -2.89. The number of ether oxygens (including phenoxy) is 1. The zero-order valence-electron chi connectivity index (χ0n) is 16.0. The smallest absolute Gasteiger partial charge is 0.254 e. The van der Waals surface area contributed by atoms with Crippen LogP contribution in [0.3, 0.4) is 0 Å². The number of rotatable bonds is 5. The van der Waals surface area contributed by atoms with E-state index >= 15 is 0 Å². The number of pyridine rings is 1. The molecule has 6 nitrogen and oxygen atoms in total. The number of amides is 2. The SMILES string of the molecule is CCOc1ccc(C(=O)N2[C@@H]3CC[C@H]2CC(NC(=O)c2ccncc2)C3)cc1. The molecular formula is C22H25N3O3. The number of carbonyl (C=O) groups is 2. The molecule has 28 heavy (non-hydrogen) atoms. The van der Waals surface area contributed by atoms with Crippen LogP contribution in [0.2, 0.25) is 0 Å². The zero-order chi connectivity index (χ0) is 19.5. The van der Waals surface area contributed by atoms with Crippen molar-refractivity contribution >= 4 is 11.8 Å². The molecule has 3 atom stereocenters. The Morgan fingerprint density at radius 3 is 2.29 bits per heavy atom. The number of hydrogen-bond acceptors (Lipinski definition) is 4. The predicted octanol–water partition coefficient (Wildman–Crippen LogP) is 3.05. The monoisotopic (exact) mass is 379 g/mol. The van der Waals surface area contributed by atoms with E-state index in [0.717, 1.165) is 31.4 Å². The van der Waals surface area contributed by atoms with E-state index in [1.807, 2.05) is 36.1 Å². The Balaban J connectivity index is 1.41. The highest BCUT2D eigenvalue weighted by molar-refractivity contribution is 5.95. The summed E-state index contributed by atoms with van der Waals surface area (Å²) in [5.41, 5.74) is 1.31. The lowest BCUT2D eigenvalue weighted by Crippen LogP contribution is -2.52. The molecule has 2 aliphatic rings. The highest BCUT2D eigenvalue weighted by Crippen LogP contribution is 2.37. The van der Waals surface area contributed by atoms with Crippen molar-refractivity contribution in [1.82, 2.24) is 15.2 Å². The molecule has 3 heterocycles. The van der Waals surface area contributed by atoms with Crippen molar-refractivity contribution in [1.29, 1.82) is 0 Å². The molecule has 1 N–H and O–H groups in total. The van der Waals surface area contributed by atoms with Crippen LogP contribution in [-0.4, -0.2) is 46.4 Å². The average molecular weight is 379 g/mol. The van der Waals surface area contributed by atoms with Gasteiger partial charge in [-0.3, -0.25) is 14.6 Å². The molecule has 0 radical (unpaired) electrons. The van der Waals surface area contributed by atoms with Crippen LogP contribution >= 0.6 is 0 Å². The number of aromatic nitrogens is 1. The van der Waals surface area contributed by atoms with Crippen LogP contribution in [0.25, 0.3) is 0 Å². The van der Waals surface area contributed by atoms with Gasteiger partial charge in [0, 0.05) is 41.6 Å². The molecule has 1 unspecified atom stereocenters. The normalized spacial score (nSPS) is 23.3. The number of piperidine rings is 1. The van der Waals surface area contributed by atoms with E-state index in [4.69, 9.17) is 4.74 Å². The highest BCUT2D eigenvalue weighted by atomic mass is 16.5. The van der Waals surface area contributed by atoms with Gasteiger partial charge in [-0.05, 0) is 69.0 Å². The number of nitrogens with one attached hydrogen (secondary N) is 1. The second-order valence-electron chi connectivity index (χ2n) is 7.43. The second kappa shape index (κ2) is 8.00. The van der Waals surface area contributed by atoms with Gasteiger partial charge in [-0.15, -0.1) is 0 Å². The van der Waals surface area contributed by atoms with Crippen molar-refractivity contribution < 1.29 is 14.3 Å². The lowest BCUT2D eigenvalue weighted by atomic mass is 9.96. The minimum Gasteiger partial charge on any atom is -0.494 e. The van der Waals surface area contributed by atoms with Gasteiger partial charge in [0.05, 0.1) is 6.61 Å². The molecule has 0 saturated carbocycles. The first kappa shape index (κ1) is 18.5. The van der Waals surface area contributed by atoms with Crippen LogP contribution in [0.4, 0.5) is 0 Å². The van der Waals surface area contributed by atoms with Gasteiger partial charge in [-0.2, -0.15) is 0 Å². The molecule has 2 aliphatic heterocycles. The van der Waals surface area contributed by atoms with Crippen molar-refractivity contribution in [2.45, 2.75) is 50.7 Å². The summed E-state index contributed by atoms with van der Waals surface area (Å²) in [5, 5.41) is 3.14. The van der Waals surface area contributed by atoms with Crippen LogP contribution in [0.15, 0.2) is 48.8 Å². The quantitative estimate of drug-likeness (QED) is 0.867. The van der Waals surface area contributed by atoms with Gasteiger partial charge in [0.15, 0.2) is 0 Å². The van der Waals surface area contributed by atoms with Crippen molar-refractivity contribution in [3.05, 3.63) is 59.9 Å². The lowest BCUT2D eigenvalue weighted by molar-refractivity contribution is 0.0549. The van der Waals surface area contributed by atoms with Crippen LogP contribution in [0.1, 0.15) is 53.3 Å². The molecule has 0 spiro atoms. The van der Waals surface area contributed by atoms with Gasteiger partial charge in [-0.1, -0.05) is 0 Å².